The average molecular weight is 402 g/mol. The number of carbonyl (C=O) groups is 3. The Morgan fingerprint density at radius 3 is 1.79 bits per heavy atom. The lowest BCUT2D eigenvalue weighted by molar-refractivity contribution is -0.135. The molecule has 0 aliphatic rings. The lowest BCUT2D eigenvalue weighted by atomic mass is 10.1. The van der Waals surface area contributed by atoms with Crippen LogP contribution in [0.15, 0.2) is 59.7 Å². The molecule has 0 aromatic heterocycles. The minimum absolute atomic E-state index is 0.0376. The van der Waals surface area contributed by atoms with Crippen molar-refractivity contribution in [2.24, 2.45) is 0 Å². The summed E-state index contributed by atoms with van der Waals surface area (Å²) in [7, 11) is 0. The van der Waals surface area contributed by atoms with Gasteiger partial charge in [0.05, 0.1) is 0 Å². The highest BCUT2D eigenvalue weighted by molar-refractivity contribution is 5.94. The van der Waals surface area contributed by atoms with E-state index in [1.54, 1.807) is 12.2 Å². The van der Waals surface area contributed by atoms with Crippen molar-refractivity contribution in [1.29, 1.82) is 0 Å². The lowest BCUT2D eigenvalue weighted by Gasteiger charge is -1.98. The summed E-state index contributed by atoms with van der Waals surface area (Å²) in [6.07, 6.45) is 10.6. The summed E-state index contributed by atoms with van der Waals surface area (Å²) in [6.45, 7) is 3.97. The Bertz CT molecular complexity index is 729. The van der Waals surface area contributed by atoms with E-state index >= 15 is 0 Å². The predicted molar refractivity (Wildman–Crippen MR) is 114 cm³/mol. The molecule has 0 aliphatic carbocycles. The molecule has 0 atom stereocenters. The molecule has 29 heavy (non-hydrogen) atoms. The smallest absolute Gasteiger partial charge is 0.331 e. The van der Waals surface area contributed by atoms with Gasteiger partial charge in [0.15, 0.2) is 0 Å². The first-order valence-corrected chi connectivity index (χ1v) is 9.64. The summed E-state index contributed by atoms with van der Waals surface area (Å²) >= 11 is 0. The molecule has 6 heteroatoms. The number of aliphatic carboxylic acids is 3. The number of hydrogen-bond donors (Lipinski definition) is 3. The molecule has 0 aliphatic heterocycles. The Balaban J connectivity index is 0.000000578. The van der Waals surface area contributed by atoms with E-state index in [0.717, 1.165) is 30.9 Å². The highest BCUT2D eigenvalue weighted by Gasteiger charge is 2.08. The number of hydrogen-bond acceptors (Lipinski definition) is 3. The predicted octanol–water partition coefficient (Wildman–Crippen LogP) is 5.17. The number of allylic oxidation sites excluding steroid dienone is 2. The van der Waals surface area contributed by atoms with E-state index in [-0.39, 0.29) is 5.57 Å². The highest BCUT2D eigenvalue weighted by atomic mass is 16.4. The number of unbranched alkanes of at least 4 members (excludes halogenated alkanes) is 2. The molecule has 0 heterocycles. The number of benzene rings is 1. The second kappa shape index (κ2) is 15.9. The Kier molecular flexibility index (Phi) is 14.1. The first kappa shape index (κ1) is 25.9. The summed E-state index contributed by atoms with van der Waals surface area (Å²) in [4.78, 5) is 31.5. The van der Waals surface area contributed by atoms with Crippen molar-refractivity contribution in [3.63, 3.8) is 0 Å². The van der Waals surface area contributed by atoms with Crippen LogP contribution in [0.5, 0.6) is 0 Å². The third-order valence-corrected chi connectivity index (χ3v) is 3.83. The SMILES string of the molecule is CCCC/C(=C/C(=O)O)C(=O)O.CCCCC(=CC=Cc1ccccc1)C(=O)O. The minimum atomic E-state index is -1.21. The van der Waals surface area contributed by atoms with E-state index < -0.39 is 17.9 Å². The van der Waals surface area contributed by atoms with Crippen LogP contribution < -0.4 is 0 Å². The van der Waals surface area contributed by atoms with Crippen molar-refractivity contribution in [1.82, 2.24) is 0 Å². The summed E-state index contributed by atoms with van der Waals surface area (Å²) in [5, 5.41) is 25.8. The Labute approximate surface area is 171 Å². The monoisotopic (exact) mass is 402 g/mol. The summed E-state index contributed by atoms with van der Waals surface area (Å²) in [6, 6.07) is 9.84. The van der Waals surface area contributed by atoms with Gasteiger partial charge in [-0.25, -0.2) is 14.4 Å². The molecular formula is C23H30O6. The standard InChI is InChI=1S/C15H18O2.C8H12O4/c1-2-3-11-14(15(16)17)12-7-10-13-8-5-4-6-9-13;1-2-3-4-6(8(11)12)5-7(9)10/h4-10,12H,2-3,11H2,1H3,(H,16,17);5H,2-4H2,1H3,(H,9,10)(H,11,12)/b;6-5-. The molecule has 3 N–H and O–H groups in total. The van der Waals surface area contributed by atoms with Gasteiger partial charge in [0.2, 0.25) is 0 Å². The van der Waals surface area contributed by atoms with Gasteiger partial charge in [0, 0.05) is 17.2 Å². The maximum atomic E-state index is 10.9. The fourth-order valence-electron chi connectivity index (χ4n) is 2.23. The van der Waals surface area contributed by atoms with E-state index in [4.69, 9.17) is 15.3 Å². The van der Waals surface area contributed by atoms with E-state index in [1.807, 2.05) is 43.3 Å². The molecule has 6 nitrogen and oxygen atoms in total. The normalized spacial score (nSPS) is 11.7. The van der Waals surface area contributed by atoms with Crippen LogP contribution in [-0.4, -0.2) is 33.2 Å². The molecule has 158 valence electrons. The average Bonchev–Trinajstić information content (AvgIpc) is 2.68. The molecule has 0 radical (unpaired) electrons. The molecule has 1 aromatic rings. The Morgan fingerprint density at radius 2 is 1.34 bits per heavy atom. The third kappa shape index (κ3) is 13.6. The zero-order valence-corrected chi connectivity index (χ0v) is 17.0. The van der Waals surface area contributed by atoms with Gasteiger partial charge in [-0.15, -0.1) is 0 Å². The summed E-state index contributed by atoms with van der Waals surface area (Å²) in [5.74, 6) is -3.18. The first-order valence-electron chi connectivity index (χ1n) is 9.64. The van der Waals surface area contributed by atoms with Crippen LogP contribution in [0.25, 0.3) is 6.08 Å². The molecular weight excluding hydrogens is 372 g/mol. The van der Waals surface area contributed by atoms with Gasteiger partial charge < -0.3 is 15.3 Å². The van der Waals surface area contributed by atoms with Gasteiger partial charge in [0.1, 0.15) is 0 Å². The van der Waals surface area contributed by atoms with Crippen LogP contribution in [0, 0.1) is 0 Å². The molecule has 1 rings (SSSR count). The first-order chi connectivity index (χ1) is 13.8. The minimum Gasteiger partial charge on any atom is -0.478 e. The van der Waals surface area contributed by atoms with Crippen LogP contribution in [0.1, 0.15) is 57.9 Å². The zero-order valence-electron chi connectivity index (χ0n) is 17.0. The van der Waals surface area contributed by atoms with Crippen LogP contribution >= 0.6 is 0 Å². The molecule has 0 saturated carbocycles. The molecule has 0 spiro atoms. The quantitative estimate of drug-likeness (QED) is 0.348. The fourth-order valence-corrected chi connectivity index (χ4v) is 2.23. The van der Waals surface area contributed by atoms with Gasteiger partial charge in [-0.3, -0.25) is 0 Å². The second-order valence-electron chi connectivity index (χ2n) is 6.29. The van der Waals surface area contributed by atoms with Gasteiger partial charge >= 0.3 is 17.9 Å². The van der Waals surface area contributed by atoms with Crippen molar-refractivity contribution in [3.05, 3.63) is 65.3 Å². The van der Waals surface area contributed by atoms with Crippen LogP contribution in [0.3, 0.4) is 0 Å². The maximum absolute atomic E-state index is 10.9. The largest absolute Gasteiger partial charge is 0.478 e. The topological polar surface area (TPSA) is 112 Å². The Morgan fingerprint density at radius 1 is 0.828 bits per heavy atom. The Hall–Kier alpha value is -3.15. The third-order valence-electron chi connectivity index (χ3n) is 3.83. The maximum Gasteiger partial charge on any atom is 0.331 e. The molecule has 0 saturated heterocycles. The van der Waals surface area contributed by atoms with E-state index in [0.29, 0.717) is 24.8 Å². The second-order valence-corrected chi connectivity index (χ2v) is 6.29. The lowest BCUT2D eigenvalue weighted by Crippen LogP contribution is -2.03. The van der Waals surface area contributed by atoms with Gasteiger partial charge in [-0.05, 0) is 31.2 Å². The van der Waals surface area contributed by atoms with Gasteiger partial charge in [-0.2, -0.15) is 0 Å². The van der Waals surface area contributed by atoms with Gasteiger partial charge in [0.25, 0.3) is 0 Å². The van der Waals surface area contributed by atoms with E-state index in [2.05, 4.69) is 6.92 Å². The zero-order chi connectivity index (χ0) is 22.1. The molecule has 0 unspecified atom stereocenters. The van der Waals surface area contributed by atoms with Crippen molar-refractivity contribution in [2.75, 3.05) is 0 Å². The van der Waals surface area contributed by atoms with Crippen molar-refractivity contribution >= 4 is 24.0 Å². The van der Waals surface area contributed by atoms with Crippen molar-refractivity contribution in [2.45, 2.75) is 52.4 Å². The molecule has 0 fully saturated rings. The molecule has 0 bridgehead atoms. The number of carboxylic acids is 3. The highest BCUT2D eigenvalue weighted by Crippen LogP contribution is 2.09. The summed E-state index contributed by atoms with van der Waals surface area (Å²) < 4.78 is 0. The van der Waals surface area contributed by atoms with Crippen molar-refractivity contribution < 1.29 is 29.7 Å². The summed E-state index contributed by atoms with van der Waals surface area (Å²) in [5.41, 5.74) is 1.51. The van der Waals surface area contributed by atoms with Gasteiger partial charge in [-0.1, -0.05) is 75.2 Å². The van der Waals surface area contributed by atoms with Crippen LogP contribution in [0.4, 0.5) is 0 Å². The molecule has 0 amide bonds. The van der Waals surface area contributed by atoms with Crippen molar-refractivity contribution in [3.8, 4) is 0 Å². The van der Waals surface area contributed by atoms with E-state index in [1.165, 1.54) is 0 Å². The number of rotatable bonds is 11. The fraction of sp³-hybridized carbons (Fsp3) is 0.348. The van der Waals surface area contributed by atoms with E-state index in [9.17, 15) is 14.4 Å². The van der Waals surface area contributed by atoms with Crippen LogP contribution in [-0.2, 0) is 14.4 Å². The molecule has 1 aromatic carbocycles. The van der Waals surface area contributed by atoms with Crippen LogP contribution in [0.2, 0.25) is 0 Å². The number of carboxylic acid groups (broad SMARTS) is 3.